The van der Waals surface area contributed by atoms with Gasteiger partial charge in [0.05, 0.1) is 17.7 Å². The van der Waals surface area contributed by atoms with Crippen molar-refractivity contribution in [1.82, 2.24) is 9.88 Å². The van der Waals surface area contributed by atoms with E-state index >= 15 is 0 Å². The van der Waals surface area contributed by atoms with Crippen molar-refractivity contribution in [1.29, 1.82) is 5.26 Å². The molecule has 1 N–H and O–H groups in total. The highest BCUT2D eigenvalue weighted by Gasteiger charge is 2.28. The highest BCUT2D eigenvalue weighted by atomic mass is 32.2. The molecular weight excluding hydrogens is 446 g/mol. The van der Waals surface area contributed by atoms with Gasteiger partial charge in [-0.2, -0.15) is 5.26 Å². The Morgan fingerprint density at radius 2 is 1.94 bits per heavy atom. The normalized spacial score (nSPS) is 13.7. The predicted octanol–water partition coefficient (Wildman–Crippen LogP) is 7.09. The van der Waals surface area contributed by atoms with E-state index in [1.807, 2.05) is 45.9 Å². The Labute approximate surface area is 209 Å². The van der Waals surface area contributed by atoms with Crippen molar-refractivity contribution in [2.75, 3.05) is 27.8 Å². The van der Waals surface area contributed by atoms with Crippen LogP contribution in [-0.2, 0) is 4.74 Å². The molecule has 0 radical (unpaired) electrons. The molecule has 0 spiro atoms. The van der Waals surface area contributed by atoms with Gasteiger partial charge in [-0.05, 0) is 49.3 Å². The molecule has 1 aromatic heterocycles. The Morgan fingerprint density at radius 1 is 1.26 bits per heavy atom. The summed E-state index contributed by atoms with van der Waals surface area (Å²) in [6, 6.07) is 7.93. The summed E-state index contributed by atoms with van der Waals surface area (Å²) < 4.78 is 11.4. The summed E-state index contributed by atoms with van der Waals surface area (Å²) in [5.74, 6) is 1.07. The minimum Gasteiger partial charge on any atom is -0.425 e. The lowest BCUT2D eigenvalue weighted by Crippen LogP contribution is -2.09. The Balaban J connectivity index is 0.00000137. The van der Waals surface area contributed by atoms with E-state index in [-0.39, 0.29) is 11.4 Å². The van der Waals surface area contributed by atoms with Gasteiger partial charge < -0.3 is 18.8 Å². The number of benzene rings is 1. The summed E-state index contributed by atoms with van der Waals surface area (Å²) >= 11 is 1.49. The van der Waals surface area contributed by atoms with E-state index in [0.29, 0.717) is 23.5 Å². The van der Waals surface area contributed by atoms with Crippen molar-refractivity contribution < 1.29 is 13.7 Å². The molecule has 34 heavy (non-hydrogen) atoms. The topological polar surface area (TPSA) is 78.3 Å². The number of methoxy groups -OCH3 is 1. The number of allylic oxidation sites excluding steroid dienone is 1. The number of hydrogen-bond donors (Lipinski definition) is 1. The van der Waals surface area contributed by atoms with Crippen LogP contribution in [0.1, 0.15) is 82.3 Å². The summed E-state index contributed by atoms with van der Waals surface area (Å²) in [5.41, 5.74) is 2.55. The fourth-order valence-electron chi connectivity index (χ4n) is 3.32. The molecule has 0 bridgehead atoms. The molecule has 188 valence electrons. The Kier molecular flexibility index (Phi) is 13.5. The summed E-state index contributed by atoms with van der Waals surface area (Å²) in [7, 11) is 5.29. The molecule has 2 aromatic rings. The van der Waals surface area contributed by atoms with Crippen molar-refractivity contribution in [2.24, 2.45) is 0 Å². The maximum atomic E-state index is 12.8. The van der Waals surface area contributed by atoms with Crippen LogP contribution < -0.4 is 4.18 Å². The Hall–Kier alpha value is -2.43. The van der Waals surface area contributed by atoms with E-state index in [1.165, 1.54) is 17.6 Å². The molecule has 1 unspecified atom stereocenters. The number of nitrogens with zero attached hydrogens (tertiary/aromatic N) is 2. The molecule has 6 nitrogen and oxygen atoms in total. The van der Waals surface area contributed by atoms with Crippen LogP contribution in [0.2, 0.25) is 0 Å². The number of hydrogen-bond acceptors (Lipinski definition) is 6. The van der Waals surface area contributed by atoms with Gasteiger partial charge in [0.25, 0.3) is 0 Å². The number of aromatic amines is 1. The molecular formula is C27H41N3O3S. The van der Waals surface area contributed by atoms with E-state index in [0.717, 1.165) is 42.3 Å². The number of carbonyl (C=O) groups excluding carboxylic acids is 1. The van der Waals surface area contributed by atoms with Crippen molar-refractivity contribution >= 4 is 28.7 Å². The summed E-state index contributed by atoms with van der Waals surface area (Å²) in [6.07, 6.45) is 5.81. The smallest absolute Gasteiger partial charge is 0.221 e. The summed E-state index contributed by atoms with van der Waals surface area (Å²) in [5, 5.41) is 10.7. The molecule has 3 rings (SSSR count). The van der Waals surface area contributed by atoms with E-state index in [9.17, 15) is 10.1 Å². The number of nitriles is 1. The highest BCUT2D eigenvalue weighted by molar-refractivity contribution is 7.95. The second-order valence-electron chi connectivity index (χ2n) is 7.87. The lowest BCUT2D eigenvalue weighted by atomic mass is 10.1. The van der Waals surface area contributed by atoms with Crippen molar-refractivity contribution in [3.63, 3.8) is 0 Å². The number of rotatable bonds is 11. The Morgan fingerprint density at radius 3 is 2.47 bits per heavy atom. The molecule has 0 amide bonds. The molecule has 1 aromatic carbocycles. The van der Waals surface area contributed by atoms with Gasteiger partial charge in [0.15, 0.2) is 0 Å². The number of ether oxygens (including phenoxy) is 1. The average molecular weight is 488 g/mol. The average Bonchev–Trinajstić information content (AvgIpc) is 3.63. The van der Waals surface area contributed by atoms with Crippen molar-refractivity contribution in [3.05, 3.63) is 41.2 Å². The molecule has 7 heteroatoms. The predicted molar refractivity (Wildman–Crippen MR) is 143 cm³/mol. The van der Waals surface area contributed by atoms with Gasteiger partial charge in [0, 0.05) is 56.2 Å². The largest absolute Gasteiger partial charge is 0.425 e. The zero-order chi connectivity index (χ0) is 25.7. The zero-order valence-electron chi connectivity index (χ0n) is 22.0. The van der Waals surface area contributed by atoms with Crippen LogP contribution in [0, 0.1) is 11.3 Å². The van der Waals surface area contributed by atoms with Crippen LogP contribution >= 0.6 is 12.0 Å². The van der Waals surface area contributed by atoms with Crippen LogP contribution in [0.25, 0.3) is 10.9 Å². The number of carbonyl (C=O) groups is 1. The lowest BCUT2D eigenvalue weighted by molar-refractivity contribution is 0.103. The summed E-state index contributed by atoms with van der Waals surface area (Å²) in [6.45, 7) is 10.9. The van der Waals surface area contributed by atoms with Crippen LogP contribution in [0.3, 0.4) is 0 Å². The third kappa shape index (κ3) is 8.41. The first kappa shape index (κ1) is 29.6. The number of H-pyrrole nitrogens is 1. The van der Waals surface area contributed by atoms with Crippen LogP contribution in [0.5, 0.6) is 5.75 Å². The van der Waals surface area contributed by atoms with Gasteiger partial charge in [0.2, 0.25) is 5.78 Å². The number of aromatic nitrogens is 1. The van der Waals surface area contributed by atoms with E-state index < -0.39 is 0 Å². The van der Waals surface area contributed by atoms with Gasteiger partial charge in [-0.3, -0.25) is 4.79 Å². The van der Waals surface area contributed by atoms with E-state index in [4.69, 9.17) is 8.92 Å². The molecule has 1 fully saturated rings. The van der Waals surface area contributed by atoms with Crippen LogP contribution in [0.4, 0.5) is 0 Å². The SMILES string of the molecule is CC.CC.CCC(CCOC)SOc1cc2[nH]c(C(=O)/C(C#N)=C/N(C)C)cc2cc1C1CC1. The first-order valence-corrected chi connectivity index (χ1v) is 13.1. The van der Waals surface area contributed by atoms with Gasteiger partial charge in [-0.15, -0.1) is 0 Å². The van der Waals surface area contributed by atoms with Gasteiger partial charge >= 0.3 is 0 Å². The van der Waals surface area contributed by atoms with E-state index in [2.05, 4.69) is 18.0 Å². The highest BCUT2D eigenvalue weighted by Crippen LogP contribution is 2.46. The Bertz CT molecular complexity index is 971. The maximum absolute atomic E-state index is 12.8. The second-order valence-corrected chi connectivity index (χ2v) is 8.90. The molecule has 1 heterocycles. The van der Waals surface area contributed by atoms with Crippen molar-refractivity contribution in [2.45, 2.75) is 71.5 Å². The number of ketones is 1. The lowest BCUT2D eigenvalue weighted by Gasteiger charge is -2.15. The van der Waals surface area contributed by atoms with Crippen molar-refractivity contribution in [3.8, 4) is 11.8 Å². The molecule has 0 saturated heterocycles. The third-order valence-electron chi connectivity index (χ3n) is 5.14. The van der Waals surface area contributed by atoms with Crippen LogP contribution in [-0.4, -0.2) is 48.7 Å². The molecule has 1 saturated carbocycles. The zero-order valence-corrected chi connectivity index (χ0v) is 22.8. The quantitative estimate of drug-likeness (QED) is 0.158. The maximum Gasteiger partial charge on any atom is 0.221 e. The molecule has 1 aliphatic rings. The first-order valence-electron chi connectivity index (χ1n) is 12.3. The van der Waals surface area contributed by atoms with Crippen LogP contribution in [0.15, 0.2) is 30.0 Å². The molecule has 1 aliphatic carbocycles. The summed E-state index contributed by atoms with van der Waals surface area (Å²) in [4.78, 5) is 17.6. The van der Waals surface area contributed by atoms with Gasteiger partial charge in [-0.1, -0.05) is 34.6 Å². The second kappa shape index (κ2) is 15.5. The third-order valence-corrected chi connectivity index (χ3v) is 6.26. The van der Waals surface area contributed by atoms with E-state index in [1.54, 1.807) is 32.3 Å². The fourth-order valence-corrected chi connectivity index (χ4v) is 4.03. The molecule has 0 aliphatic heterocycles. The number of nitrogens with one attached hydrogen (secondary N) is 1. The molecule has 1 atom stereocenters. The van der Waals surface area contributed by atoms with Gasteiger partial charge in [-0.25, -0.2) is 0 Å². The number of Topliss-reactive ketones (excluding diaryl/α,β-unsaturated/α-hetero) is 1. The monoisotopic (exact) mass is 487 g/mol. The fraction of sp³-hybridized carbons (Fsp3) is 0.556. The van der Waals surface area contributed by atoms with Gasteiger partial charge in [0.1, 0.15) is 17.4 Å². The minimum atomic E-state index is -0.308. The minimum absolute atomic E-state index is 0.102. The number of fused-ring (bicyclic) bond motifs is 1. The first-order chi connectivity index (χ1) is 16.5. The standard InChI is InChI=1S/C23H29N3O3S.2C2H6/c1-5-18(8-9-28-4)30-29-22-12-20-16(10-19(22)15-6-7-15)11-21(25-20)23(27)17(13-24)14-26(2)3;2*1-2/h10-12,14-15,18,25H,5-9H2,1-4H3;2*1-2H3/b17-14+;;.